The molecule has 0 saturated carbocycles. The van der Waals surface area contributed by atoms with Crippen LogP contribution in [0.5, 0.6) is 0 Å². The molecule has 37 heavy (non-hydrogen) atoms. The quantitative estimate of drug-likeness (QED) is 0.0552. The molecule has 0 rings (SSSR count). The number of hydrogen-bond acceptors (Lipinski definition) is 7. The van der Waals surface area contributed by atoms with Gasteiger partial charge in [-0.25, -0.2) is 0 Å². The number of phosphoric ester groups is 1. The van der Waals surface area contributed by atoms with Gasteiger partial charge in [-0.1, -0.05) is 62.0 Å². The molecule has 0 fully saturated rings. The van der Waals surface area contributed by atoms with Crippen molar-refractivity contribution in [2.75, 3.05) is 54.1 Å². The van der Waals surface area contributed by atoms with E-state index in [0.29, 0.717) is 17.6 Å². The molecule has 2 atom stereocenters. The van der Waals surface area contributed by atoms with E-state index in [9.17, 15) is 14.3 Å². The van der Waals surface area contributed by atoms with E-state index in [0.717, 1.165) is 51.4 Å². The molecule has 0 heterocycles. The number of phosphoric acid groups is 1. The molecule has 0 aromatic carbocycles. The van der Waals surface area contributed by atoms with Gasteiger partial charge in [-0.05, 0) is 44.9 Å². The van der Waals surface area contributed by atoms with Gasteiger partial charge in [0, 0.05) is 13.5 Å². The van der Waals surface area contributed by atoms with Crippen molar-refractivity contribution in [3.05, 3.63) is 48.6 Å². The van der Waals surface area contributed by atoms with Crippen LogP contribution in [0, 0.1) is 0 Å². The molecule has 0 aliphatic carbocycles. The lowest BCUT2D eigenvalue weighted by atomic mass is 10.2. The van der Waals surface area contributed by atoms with Gasteiger partial charge >= 0.3 is 5.97 Å². The molecule has 0 aliphatic rings. The van der Waals surface area contributed by atoms with Crippen LogP contribution >= 0.6 is 7.82 Å². The molecular weight excluding hydrogens is 493 g/mol. The Morgan fingerprint density at radius 2 is 1.43 bits per heavy atom. The number of allylic oxidation sites excluding steroid dienone is 8. The summed E-state index contributed by atoms with van der Waals surface area (Å²) in [5.74, 6) is -0.526. The van der Waals surface area contributed by atoms with Crippen LogP contribution in [0.25, 0.3) is 0 Å². The number of carbonyl (C=O) groups excluding carboxylic acids is 1. The maximum absolute atomic E-state index is 11.9. The Morgan fingerprint density at radius 3 is 2.00 bits per heavy atom. The number of unbranched alkanes of at least 4 members (excludes halogenated alkanes) is 3. The average molecular weight is 544 g/mol. The molecule has 0 aromatic heterocycles. The summed E-state index contributed by atoms with van der Waals surface area (Å²) in [4.78, 5) is 23.3. The van der Waals surface area contributed by atoms with Crippen molar-refractivity contribution in [3.8, 4) is 0 Å². The molecule has 8 nitrogen and oxygen atoms in total. The van der Waals surface area contributed by atoms with Gasteiger partial charge < -0.3 is 27.9 Å². The number of hydrogen-bond donors (Lipinski definition) is 0. The Morgan fingerprint density at radius 1 is 0.838 bits per heavy atom. The lowest BCUT2D eigenvalue weighted by Gasteiger charge is -2.28. The predicted octanol–water partition coefficient (Wildman–Crippen LogP) is 5.51. The molecule has 0 amide bonds. The summed E-state index contributed by atoms with van der Waals surface area (Å²) < 4.78 is 32.9. The van der Waals surface area contributed by atoms with Gasteiger partial charge in [0.15, 0.2) is 0 Å². The highest BCUT2D eigenvalue weighted by Gasteiger charge is 2.19. The standard InChI is InChI=1S/C28H50NO7P/c1-6-7-8-9-10-11-12-13-14-15-16-17-18-19-20-21-23-33-25-28(36-27(2)30)26-35-37(31,32)34-24-22-29(3,4)5/h7-8,10-11,13-14,16-17,28H,6,9,12,15,18-26H2,1-5H3/b8-7-,11-10-,14-13-,17-16-. The smallest absolute Gasteiger partial charge is 0.303 e. The Balaban J connectivity index is 3.93. The van der Waals surface area contributed by atoms with E-state index in [-0.39, 0.29) is 19.8 Å². The van der Waals surface area contributed by atoms with Gasteiger partial charge in [-0.15, -0.1) is 0 Å². The van der Waals surface area contributed by atoms with E-state index in [1.807, 2.05) is 21.1 Å². The highest BCUT2D eigenvalue weighted by Crippen LogP contribution is 2.38. The van der Waals surface area contributed by atoms with Gasteiger partial charge in [0.2, 0.25) is 0 Å². The topological polar surface area (TPSA) is 94.1 Å². The SMILES string of the molecule is CC/C=C\C/C=C\C/C=C\C/C=C\CCCCCOCC(COP(=O)([O-])OCC[N+](C)(C)C)OC(C)=O. The van der Waals surface area contributed by atoms with Gasteiger partial charge in [-0.3, -0.25) is 9.36 Å². The first-order chi connectivity index (χ1) is 17.6. The second-order valence-electron chi connectivity index (χ2n) is 9.75. The van der Waals surface area contributed by atoms with Crippen LogP contribution in [-0.4, -0.2) is 70.7 Å². The van der Waals surface area contributed by atoms with Gasteiger partial charge in [0.1, 0.15) is 19.3 Å². The third kappa shape index (κ3) is 27.3. The Labute approximate surface area is 225 Å². The van der Waals surface area contributed by atoms with Gasteiger partial charge in [-0.2, -0.15) is 0 Å². The largest absolute Gasteiger partial charge is 0.756 e. The highest BCUT2D eigenvalue weighted by molar-refractivity contribution is 7.45. The minimum atomic E-state index is -4.48. The maximum Gasteiger partial charge on any atom is 0.303 e. The van der Waals surface area contributed by atoms with Crippen molar-refractivity contribution < 1.29 is 37.3 Å². The average Bonchev–Trinajstić information content (AvgIpc) is 2.80. The molecule has 214 valence electrons. The Kier molecular flexibility index (Phi) is 21.5. The number of nitrogens with zero attached hydrogens (tertiary/aromatic N) is 1. The highest BCUT2D eigenvalue weighted by atomic mass is 31.2. The van der Waals surface area contributed by atoms with Crippen molar-refractivity contribution >= 4 is 13.8 Å². The summed E-state index contributed by atoms with van der Waals surface area (Å²) >= 11 is 0. The zero-order valence-corrected chi connectivity index (χ0v) is 24.5. The van der Waals surface area contributed by atoms with Crippen LogP contribution in [-0.2, 0) is 27.9 Å². The summed E-state index contributed by atoms with van der Waals surface area (Å²) in [5.41, 5.74) is 0. The van der Waals surface area contributed by atoms with Crippen LogP contribution < -0.4 is 4.89 Å². The zero-order valence-electron chi connectivity index (χ0n) is 23.6. The molecule has 0 aromatic rings. The molecule has 9 heteroatoms. The van der Waals surface area contributed by atoms with Crippen LogP contribution in [0.1, 0.15) is 65.2 Å². The Hall–Kier alpha value is -1.54. The fourth-order valence-corrected chi connectivity index (χ4v) is 3.67. The van der Waals surface area contributed by atoms with Gasteiger partial charge in [0.05, 0.1) is 34.4 Å². The molecule has 0 radical (unpaired) electrons. The fraction of sp³-hybridized carbons (Fsp3) is 0.679. The zero-order chi connectivity index (χ0) is 27.8. The summed E-state index contributed by atoms with van der Waals surface area (Å²) in [5, 5.41) is 0. The molecule has 0 N–H and O–H groups in total. The molecule has 0 spiro atoms. The van der Waals surface area contributed by atoms with Crippen molar-refractivity contribution in [3.63, 3.8) is 0 Å². The van der Waals surface area contributed by atoms with Crippen molar-refractivity contribution in [1.29, 1.82) is 0 Å². The van der Waals surface area contributed by atoms with E-state index in [1.54, 1.807) is 0 Å². The monoisotopic (exact) mass is 543 g/mol. The number of carbonyl (C=O) groups is 1. The van der Waals surface area contributed by atoms with Crippen LogP contribution in [0.15, 0.2) is 48.6 Å². The first-order valence-corrected chi connectivity index (χ1v) is 14.8. The maximum atomic E-state index is 11.9. The van der Waals surface area contributed by atoms with Crippen LogP contribution in [0.4, 0.5) is 0 Å². The van der Waals surface area contributed by atoms with E-state index in [4.69, 9.17) is 18.5 Å². The van der Waals surface area contributed by atoms with Crippen molar-refractivity contribution in [2.24, 2.45) is 0 Å². The summed E-state index contributed by atoms with van der Waals surface area (Å²) in [6, 6.07) is 0. The Bertz CT molecular complexity index is 741. The van der Waals surface area contributed by atoms with Crippen LogP contribution in [0.3, 0.4) is 0 Å². The first kappa shape index (κ1) is 35.5. The predicted molar refractivity (Wildman–Crippen MR) is 148 cm³/mol. The first-order valence-electron chi connectivity index (χ1n) is 13.3. The number of esters is 1. The number of likely N-dealkylation sites (N-methyl/N-ethyl adjacent to an activating group) is 1. The van der Waals surface area contributed by atoms with E-state index >= 15 is 0 Å². The molecule has 2 unspecified atom stereocenters. The van der Waals surface area contributed by atoms with Crippen LogP contribution in [0.2, 0.25) is 0 Å². The number of rotatable bonds is 23. The normalized spacial score (nSPS) is 15.3. The molecule has 0 aliphatic heterocycles. The van der Waals surface area contributed by atoms with E-state index in [2.05, 4.69) is 55.5 Å². The third-order valence-corrected chi connectivity index (χ3v) is 5.91. The summed E-state index contributed by atoms with van der Waals surface area (Å²) in [6.07, 6.45) is 24.7. The third-order valence-electron chi connectivity index (χ3n) is 4.94. The number of ether oxygens (including phenoxy) is 2. The van der Waals surface area contributed by atoms with E-state index < -0.39 is 19.9 Å². The fourth-order valence-electron chi connectivity index (χ4n) is 2.94. The lowest BCUT2D eigenvalue weighted by Crippen LogP contribution is -2.37. The summed E-state index contributed by atoms with van der Waals surface area (Å²) in [7, 11) is 1.31. The molecule has 0 bridgehead atoms. The van der Waals surface area contributed by atoms with Crippen molar-refractivity contribution in [2.45, 2.75) is 71.3 Å². The van der Waals surface area contributed by atoms with Gasteiger partial charge in [0.25, 0.3) is 7.82 Å². The minimum Gasteiger partial charge on any atom is -0.756 e. The lowest BCUT2D eigenvalue weighted by molar-refractivity contribution is -0.870. The van der Waals surface area contributed by atoms with Crippen molar-refractivity contribution in [1.82, 2.24) is 0 Å². The summed E-state index contributed by atoms with van der Waals surface area (Å²) in [6.45, 7) is 4.15. The minimum absolute atomic E-state index is 0.0138. The molecule has 0 saturated heterocycles. The number of quaternary nitrogens is 1. The molecular formula is C28H50NO7P. The van der Waals surface area contributed by atoms with E-state index in [1.165, 1.54) is 6.92 Å². The second kappa shape index (κ2) is 22.4. The second-order valence-corrected chi connectivity index (χ2v) is 11.2.